The lowest BCUT2D eigenvalue weighted by molar-refractivity contribution is -0.138. The number of pyridine rings is 1. The van der Waals surface area contributed by atoms with Gasteiger partial charge in [-0.1, -0.05) is 0 Å². The Kier molecular flexibility index (Phi) is 6.18. The second-order valence-electron chi connectivity index (χ2n) is 6.74. The van der Waals surface area contributed by atoms with Crippen LogP contribution in [0, 0.1) is 6.92 Å². The van der Waals surface area contributed by atoms with Gasteiger partial charge < -0.3 is 14.4 Å². The Bertz CT molecular complexity index is 807. The van der Waals surface area contributed by atoms with Crippen LogP contribution < -0.4 is 4.74 Å². The molecule has 1 heterocycles. The van der Waals surface area contributed by atoms with E-state index < -0.39 is 5.97 Å². The molecule has 1 amide bonds. The van der Waals surface area contributed by atoms with Crippen LogP contribution in [0.3, 0.4) is 0 Å². The number of methoxy groups -OCH3 is 1. The van der Waals surface area contributed by atoms with Crippen LogP contribution in [0.15, 0.2) is 24.3 Å². The fourth-order valence-electron chi connectivity index (χ4n) is 3.04. The van der Waals surface area contributed by atoms with Gasteiger partial charge in [-0.2, -0.15) is 0 Å². The quantitative estimate of drug-likeness (QED) is 0.741. The van der Waals surface area contributed by atoms with E-state index in [0.29, 0.717) is 17.0 Å². The first kappa shape index (κ1) is 19.7. The minimum Gasteiger partial charge on any atom is -0.497 e. The molecule has 0 aliphatic heterocycles. The van der Waals surface area contributed by atoms with Crippen LogP contribution in [0.25, 0.3) is 10.9 Å². The molecule has 1 aromatic carbocycles. The van der Waals surface area contributed by atoms with Gasteiger partial charge in [-0.25, -0.2) is 4.79 Å². The van der Waals surface area contributed by atoms with Crippen molar-refractivity contribution in [3.63, 3.8) is 0 Å². The molecule has 0 saturated heterocycles. The monoisotopic (exact) mass is 358 g/mol. The largest absolute Gasteiger partial charge is 0.497 e. The summed E-state index contributed by atoms with van der Waals surface area (Å²) in [4.78, 5) is 31.0. The highest BCUT2D eigenvalue weighted by Crippen LogP contribution is 2.22. The molecule has 0 saturated carbocycles. The molecule has 6 heteroatoms. The normalized spacial score (nSPS) is 11.1. The fraction of sp³-hybridized carbons (Fsp3) is 0.450. The lowest BCUT2D eigenvalue weighted by Crippen LogP contribution is -2.44. The molecule has 140 valence electrons. The van der Waals surface area contributed by atoms with Crippen molar-refractivity contribution in [3.8, 4) is 5.75 Å². The Morgan fingerprint density at radius 3 is 2.35 bits per heavy atom. The Labute approximate surface area is 154 Å². The molecule has 0 aliphatic carbocycles. The summed E-state index contributed by atoms with van der Waals surface area (Å²) in [6, 6.07) is 7.26. The van der Waals surface area contributed by atoms with Gasteiger partial charge in [0.05, 0.1) is 23.9 Å². The Hall–Kier alpha value is -2.63. The van der Waals surface area contributed by atoms with Crippen molar-refractivity contribution in [1.29, 1.82) is 0 Å². The Morgan fingerprint density at radius 1 is 1.12 bits per heavy atom. The molecule has 0 spiro atoms. The molecule has 2 rings (SSSR count). The van der Waals surface area contributed by atoms with Gasteiger partial charge >= 0.3 is 5.97 Å². The first-order chi connectivity index (χ1) is 12.2. The van der Waals surface area contributed by atoms with Gasteiger partial charge in [0.2, 0.25) is 0 Å². The van der Waals surface area contributed by atoms with Crippen LogP contribution in [-0.4, -0.2) is 47.6 Å². The minimum atomic E-state index is -0.555. The van der Waals surface area contributed by atoms with Crippen LogP contribution in [0.2, 0.25) is 0 Å². The van der Waals surface area contributed by atoms with Crippen molar-refractivity contribution < 1.29 is 19.1 Å². The minimum absolute atomic E-state index is 0.0396. The van der Waals surface area contributed by atoms with E-state index in [1.165, 1.54) is 0 Å². The number of ether oxygens (including phenoxy) is 2. The van der Waals surface area contributed by atoms with E-state index in [2.05, 4.69) is 4.98 Å². The molecule has 2 aromatic rings. The molecule has 0 N–H and O–H groups in total. The SMILES string of the molecule is COc1ccc2nc(C)c(C(=O)OCC(=O)N(C(C)C)C(C)C)cc2c1. The number of carbonyl (C=O) groups excluding carboxylic acids is 2. The number of fused-ring (bicyclic) bond motifs is 1. The molecule has 6 nitrogen and oxygen atoms in total. The van der Waals surface area contributed by atoms with Crippen LogP contribution >= 0.6 is 0 Å². The Morgan fingerprint density at radius 2 is 1.77 bits per heavy atom. The number of aryl methyl sites for hydroxylation is 1. The number of hydrogen-bond donors (Lipinski definition) is 0. The smallest absolute Gasteiger partial charge is 0.340 e. The zero-order valence-electron chi connectivity index (χ0n) is 16.2. The molecular weight excluding hydrogens is 332 g/mol. The van der Waals surface area contributed by atoms with Crippen molar-refractivity contribution in [2.24, 2.45) is 0 Å². The number of hydrogen-bond acceptors (Lipinski definition) is 5. The summed E-state index contributed by atoms with van der Waals surface area (Å²) < 4.78 is 10.5. The number of esters is 1. The summed E-state index contributed by atoms with van der Waals surface area (Å²) in [5.74, 6) is -0.0842. The standard InChI is InChI=1S/C20H26N2O4/c1-12(2)22(13(3)4)19(23)11-26-20(24)17-10-15-9-16(25-6)7-8-18(15)21-14(17)5/h7-10,12-13H,11H2,1-6H3. The highest BCUT2D eigenvalue weighted by Gasteiger charge is 2.22. The van der Waals surface area contributed by atoms with Crippen molar-refractivity contribution in [2.45, 2.75) is 46.7 Å². The summed E-state index contributed by atoms with van der Waals surface area (Å²) in [7, 11) is 1.58. The maximum atomic E-state index is 12.5. The van der Waals surface area contributed by atoms with Gasteiger partial charge in [0, 0.05) is 17.5 Å². The maximum Gasteiger partial charge on any atom is 0.340 e. The van der Waals surface area contributed by atoms with E-state index in [1.807, 2.05) is 45.9 Å². The molecule has 0 unspecified atom stereocenters. The lowest BCUT2D eigenvalue weighted by atomic mass is 10.1. The highest BCUT2D eigenvalue weighted by molar-refractivity contribution is 5.96. The molecular formula is C20H26N2O4. The first-order valence-corrected chi connectivity index (χ1v) is 8.68. The van der Waals surface area contributed by atoms with Crippen molar-refractivity contribution >= 4 is 22.8 Å². The zero-order valence-corrected chi connectivity index (χ0v) is 16.2. The summed E-state index contributed by atoms with van der Waals surface area (Å²) in [6.07, 6.45) is 0. The fourth-order valence-corrected chi connectivity index (χ4v) is 3.04. The van der Waals surface area contributed by atoms with Crippen LogP contribution in [0.5, 0.6) is 5.75 Å². The average Bonchev–Trinajstić information content (AvgIpc) is 2.58. The summed E-state index contributed by atoms with van der Waals surface area (Å²) in [5, 5.41) is 0.777. The van der Waals surface area contributed by atoms with E-state index in [0.717, 1.165) is 10.9 Å². The zero-order chi connectivity index (χ0) is 19.4. The molecule has 0 fully saturated rings. The number of benzene rings is 1. The lowest BCUT2D eigenvalue weighted by Gasteiger charge is -2.30. The molecule has 0 bridgehead atoms. The number of nitrogens with zero attached hydrogens (tertiary/aromatic N) is 2. The van der Waals surface area contributed by atoms with Gasteiger partial charge in [-0.3, -0.25) is 9.78 Å². The summed E-state index contributed by atoms with van der Waals surface area (Å²) >= 11 is 0. The number of rotatable bonds is 6. The van der Waals surface area contributed by atoms with Crippen molar-refractivity contribution in [1.82, 2.24) is 9.88 Å². The van der Waals surface area contributed by atoms with E-state index in [1.54, 1.807) is 25.0 Å². The van der Waals surface area contributed by atoms with Gasteiger partial charge in [0.25, 0.3) is 5.91 Å². The van der Waals surface area contributed by atoms with Gasteiger partial charge in [0.15, 0.2) is 6.61 Å². The third-order valence-electron chi connectivity index (χ3n) is 4.16. The average molecular weight is 358 g/mol. The van der Waals surface area contributed by atoms with Crippen molar-refractivity contribution in [2.75, 3.05) is 13.7 Å². The predicted molar refractivity (Wildman–Crippen MR) is 100 cm³/mol. The van der Waals surface area contributed by atoms with E-state index in [-0.39, 0.29) is 24.6 Å². The topological polar surface area (TPSA) is 68.7 Å². The second kappa shape index (κ2) is 8.17. The highest BCUT2D eigenvalue weighted by atomic mass is 16.5. The maximum absolute atomic E-state index is 12.5. The summed E-state index contributed by atoms with van der Waals surface area (Å²) in [5.41, 5.74) is 1.67. The van der Waals surface area contributed by atoms with Crippen LogP contribution in [-0.2, 0) is 9.53 Å². The van der Waals surface area contributed by atoms with E-state index in [4.69, 9.17) is 9.47 Å². The van der Waals surface area contributed by atoms with Crippen LogP contribution in [0.4, 0.5) is 0 Å². The molecule has 1 aromatic heterocycles. The number of carbonyl (C=O) groups is 2. The molecule has 0 radical (unpaired) electrons. The molecule has 0 atom stereocenters. The number of aromatic nitrogens is 1. The number of amides is 1. The summed E-state index contributed by atoms with van der Waals surface area (Å²) in [6.45, 7) is 9.20. The first-order valence-electron chi connectivity index (χ1n) is 8.68. The van der Waals surface area contributed by atoms with E-state index >= 15 is 0 Å². The van der Waals surface area contributed by atoms with Crippen molar-refractivity contribution in [3.05, 3.63) is 35.5 Å². The van der Waals surface area contributed by atoms with E-state index in [9.17, 15) is 9.59 Å². The molecule has 26 heavy (non-hydrogen) atoms. The Balaban J connectivity index is 2.18. The van der Waals surface area contributed by atoms with Gasteiger partial charge in [0.1, 0.15) is 5.75 Å². The predicted octanol–water partition coefficient (Wildman–Crippen LogP) is 3.35. The van der Waals surface area contributed by atoms with Gasteiger partial charge in [-0.15, -0.1) is 0 Å². The second-order valence-corrected chi connectivity index (χ2v) is 6.74. The third-order valence-corrected chi connectivity index (χ3v) is 4.16. The molecule has 0 aliphatic rings. The van der Waals surface area contributed by atoms with Gasteiger partial charge in [-0.05, 0) is 58.9 Å². The van der Waals surface area contributed by atoms with Crippen LogP contribution in [0.1, 0.15) is 43.7 Å². The third kappa shape index (κ3) is 4.31.